The van der Waals surface area contributed by atoms with Gasteiger partial charge in [0.25, 0.3) is 11.5 Å². The molecule has 0 saturated carbocycles. The zero-order chi connectivity index (χ0) is 18.6. The topological polar surface area (TPSA) is 81.8 Å². The van der Waals surface area contributed by atoms with E-state index in [1.807, 2.05) is 0 Å². The maximum absolute atomic E-state index is 13.1. The Morgan fingerprint density at radius 2 is 2.23 bits per heavy atom. The minimum atomic E-state index is -0.416. The zero-order valence-corrected chi connectivity index (χ0v) is 17.1. The number of carbonyl (C=O) groups is 1. The van der Waals surface area contributed by atoms with Gasteiger partial charge in [0, 0.05) is 11.9 Å². The molecule has 0 bridgehead atoms. The molecule has 1 atom stereocenters. The predicted octanol–water partition coefficient (Wildman–Crippen LogP) is 2.77. The summed E-state index contributed by atoms with van der Waals surface area (Å²) in [6, 6.07) is 0. The van der Waals surface area contributed by atoms with Crippen molar-refractivity contribution in [2.45, 2.75) is 33.1 Å². The first kappa shape index (κ1) is 17.4. The third kappa shape index (κ3) is 2.69. The lowest BCUT2D eigenvalue weighted by molar-refractivity contribution is 0.0996. The van der Waals surface area contributed by atoms with Gasteiger partial charge in [-0.1, -0.05) is 6.92 Å². The molecule has 1 aliphatic rings. The third-order valence-corrected chi connectivity index (χ3v) is 6.55. The fraction of sp³-hybridized carbons (Fsp3) is 0.412. The van der Waals surface area contributed by atoms with Gasteiger partial charge < -0.3 is 0 Å². The van der Waals surface area contributed by atoms with Crippen LogP contribution in [-0.4, -0.2) is 25.3 Å². The molecule has 9 heteroatoms. The van der Waals surface area contributed by atoms with E-state index in [-0.39, 0.29) is 5.56 Å². The molecule has 0 unspecified atom stereocenters. The average molecular weight is 436 g/mol. The molecule has 4 rings (SSSR count). The first-order valence-corrected chi connectivity index (χ1v) is 10.0. The standard InChI is InChI=1S/C17H18BrN5O2S/c1-8-4-5-10-12(6-8)26-16-13(10)17(25)23(9(2)20-16)21-15(24)14-11(18)7-19-22(14)3/h7-8H,4-6H2,1-3H3,(H,21,24)/t8-/m1/s1. The molecular formula is C17H18BrN5O2S. The number of aryl methyl sites for hydroxylation is 3. The maximum atomic E-state index is 13.1. The molecule has 3 aromatic heterocycles. The van der Waals surface area contributed by atoms with Gasteiger partial charge in [0.2, 0.25) is 0 Å². The quantitative estimate of drug-likeness (QED) is 0.670. The monoisotopic (exact) mass is 435 g/mol. The van der Waals surface area contributed by atoms with E-state index in [4.69, 9.17) is 0 Å². The Hall–Kier alpha value is -2.00. The Morgan fingerprint density at radius 3 is 2.92 bits per heavy atom. The zero-order valence-electron chi connectivity index (χ0n) is 14.7. The fourth-order valence-corrected chi connectivity index (χ4v) is 5.39. The van der Waals surface area contributed by atoms with Gasteiger partial charge >= 0.3 is 0 Å². The molecule has 0 aromatic carbocycles. The molecule has 0 radical (unpaired) electrons. The van der Waals surface area contributed by atoms with Crippen LogP contribution >= 0.6 is 27.3 Å². The summed E-state index contributed by atoms with van der Waals surface area (Å²) in [4.78, 5) is 32.4. The van der Waals surface area contributed by atoms with Crippen LogP contribution in [0.5, 0.6) is 0 Å². The lowest BCUT2D eigenvalue weighted by atomic mass is 9.89. The highest BCUT2D eigenvalue weighted by molar-refractivity contribution is 9.10. The summed E-state index contributed by atoms with van der Waals surface area (Å²) < 4.78 is 3.27. The van der Waals surface area contributed by atoms with Crippen molar-refractivity contribution in [1.82, 2.24) is 19.4 Å². The van der Waals surface area contributed by atoms with E-state index < -0.39 is 5.91 Å². The van der Waals surface area contributed by atoms with Crippen LogP contribution in [0.2, 0.25) is 0 Å². The third-order valence-electron chi connectivity index (χ3n) is 4.82. The summed E-state index contributed by atoms with van der Waals surface area (Å²) in [6.07, 6.45) is 4.49. The van der Waals surface area contributed by atoms with Crippen LogP contribution < -0.4 is 11.0 Å². The van der Waals surface area contributed by atoms with Gasteiger partial charge in [0.1, 0.15) is 16.3 Å². The number of carbonyl (C=O) groups excluding carboxylic acids is 1. The highest BCUT2D eigenvalue weighted by Crippen LogP contribution is 2.35. The van der Waals surface area contributed by atoms with E-state index in [1.54, 1.807) is 31.5 Å². The number of hydrogen-bond donors (Lipinski definition) is 1. The van der Waals surface area contributed by atoms with Crippen molar-refractivity contribution in [3.8, 4) is 0 Å². The maximum Gasteiger partial charge on any atom is 0.289 e. The number of halogens is 1. The van der Waals surface area contributed by atoms with Crippen LogP contribution in [0, 0.1) is 12.8 Å². The smallest absolute Gasteiger partial charge is 0.267 e. The van der Waals surface area contributed by atoms with Crippen LogP contribution in [-0.2, 0) is 19.9 Å². The summed E-state index contributed by atoms with van der Waals surface area (Å²) in [5, 5.41) is 4.68. The Balaban J connectivity index is 1.81. The molecule has 3 aromatic rings. The number of aromatic nitrogens is 4. The van der Waals surface area contributed by atoms with Crippen molar-refractivity contribution in [2.24, 2.45) is 13.0 Å². The van der Waals surface area contributed by atoms with Crippen LogP contribution in [0.15, 0.2) is 15.5 Å². The first-order valence-electron chi connectivity index (χ1n) is 8.39. The van der Waals surface area contributed by atoms with Gasteiger partial charge in [0.05, 0.1) is 16.1 Å². The molecule has 26 heavy (non-hydrogen) atoms. The van der Waals surface area contributed by atoms with E-state index in [2.05, 4.69) is 38.4 Å². The van der Waals surface area contributed by atoms with Crippen LogP contribution in [0.25, 0.3) is 10.2 Å². The average Bonchev–Trinajstić information content (AvgIpc) is 3.10. The Labute approximate surface area is 162 Å². The number of amides is 1. The first-order chi connectivity index (χ1) is 12.4. The summed E-state index contributed by atoms with van der Waals surface area (Å²) in [6.45, 7) is 3.96. The highest BCUT2D eigenvalue weighted by Gasteiger charge is 2.25. The normalized spacial score (nSPS) is 16.7. The minimum Gasteiger partial charge on any atom is -0.267 e. The summed E-state index contributed by atoms with van der Waals surface area (Å²) >= 11 is 4.91. The van der Waals surface area contributed by atoms with Crippen molar-refractivity contribution in [3.63, 3.8) is 0 Å². The second-order valence-electron chi connectivity index (χ2n) is 6.74. The van der Waals surface area contributed by atoms with Crippen molar-refractivity contribution < 1.29 is 4.79 Å². The van der Waals surface area contributed by atoms with E-state index in [9.17, 15) is 9.59 Å². The molecule has 0 spiro atoms. The SMILES string of the molecule is Cc1nc2sc3c(c2c(=O)n1NC(=O)c1c(Br)cnn1C)CC[C@@H](C)C3. The van der Waals surface area contributed by atoms with Gasteiger partial charge in [-0.2, -0.15) is 5.10 Å². The van der Waals surface area contributed by atoms with Gasteiger partial charge in [-0.05, 0) is 53.6 Å². The lowest BCUT2D eigenvalue weighted by Gasteiger charge is -2.17. The van der Waals surface area contributed by atoms with Gasteiger partial charge in [0.15, 0.2) is 0 Å². The molecule has 136 valence electrons. The molecule has 0 aliphatic heterocycles. The number of nitrogens with zero attached hydrogens (tertiary/aromatic N) is 4. The van der Waals surface area contributed by atoms with E-state index in [0.29, 0.717) is 27.3 Å². The van der Waals surface area contributed by atoms with Crippen LogP contribution in [0.3, 0.4) is 0 Å². The Morgan fingerprint density at radius 1 is 1.46 bits per heavy atom. The molecule has 1 N–H and O–H groups in total. The second kappa shape index (κ2) is 6.31. The summed E-state index contributed by atoms with van der Waals surface area (Å²) in [5.74, 6) is 0.669. The summed E-state index contributed by atoms with van der Waals surface area (Å²) in [7, 11) is 1.67. The second-order valence-corrected chi connectivity index (χ2v) is 8.68. The van der Waals surface area contributed by atoms with Gasteiger partial charge in [-0.3, -0.25) is 19.7 Å². The molecular weight excluding hydrogens is 418 g/mol. The van der Waals surface area contributed by atoms with Crippen molar-refractivity contribution >= 4 is 43.4 Å². The van der Waals surface area contributed by atoms with Crippen LogP contribution in [0.1, 0.15) is 40.1 Å². The van der Waals surface area contributed by atoms with Crippen molar-refractivity contribution in [1.29, 1.82) is 0 Å². The number of nitrogens with one attached hydrogen (secondary N) is 1. The molecule has 0 fully saturated rings. The van der Waals surface area contributed by atoms with Gasteiger partial charge in [-0.15, -0.1) is 11.3 Å². The van der Waals surface area contributed by atoms with Crippen LogP contribution in [0.4, 0.5) is 0 Å². The number of thiophene rings is 1. The molecule has 1 amide bonds. The highest BCUT2D eigenvalue weighted by atomic mass is 79.9. The number of hydrogen-bond acceptors (Lipinski definition) is 5. The van der Waals surface area contributed by atoms with E-state index in [0.717, 1.165) is 29.7 Å². The van der Waals surface area contributed by atoms with E-state index >= 15 is 0 Å². The lowest BCUT2D eigenvalue weighted by Crippen LogP contribution is -2.36. The Kier molecular flexibility index (Phi) is 4.23. The number of rotatable bonds is 2. The van der Waals surface area contributed by atoms with Crippen molar-refractivity contribution in [3.05, 3.63) is 43.0 Å². The van der Waals surface area contributed by atoms with E-state index in [1.165, 1.54) is 14.2 Å². The van der Waals surface area contributed by atoms with Crippen molar-refractivity contribution in [2.75, 3.05) is 5.43 Å². The predicted molar refractivity (Wildman–Crippen MR) is 104 cm³/mol. The minimum absolute atomic E-state index is 0.216. The molecule has 0 saturated heterocycles. The molecule has 3 heterocycles. The Bertz CT molecular complexity index is 1080. The fourth-order valence-electron chi connectivity index (χ4n) is 3.44. The molecule has 1 aliphatic carbocycles. The molecule has 7 nitrogen and oxygen atoms in total. The number of fused-ring (bicyclic) bond motifs is 3. The largest absolute Gasteiger partial charge is 0.289 e. The van der Waals surface area contributed by atoms with Gasteiger partial charge in [-0.25, -0.2) is 9.66 Å². The summed E-state index contributed by atoms with van der Waals surface area (Å²) in [5.41, 5.74) is 3.91.